The summed E-state index contributed by atoms with van der Waals surface area (Å²) in [6.45, 7) is 2.50. The number of carbonyl (C=O) groups is 2. The number of fused-ring (bicyclic) bond motifs is 1. The average molecular weight is 321 g/mol. The molecule has 1 atom stereocenters. The summed E-state index contributed by atoms with van der Waals surface area (Å²) < 4.78 is 4.91. The summed E-state index contributed by atoms with van der Waals surface area (Å²) in [4.78, 5) is 28.3. The predicted molar refractivity (Wildman–Crippen MR) is 82.9 cm³/mol. The van der Waals surface area contributed by atoms with Crippen molar-refractivity contribution in [3.8, 4) is 0 Å². The fraction of sp³-hybridized carbons (Fsp3) is 0.333. The van der Waals surface area contributed by atoms with Gasteiger partial charge >= 0.3 is 5.97 Å². The molecule has 110 valence electrons. The van der Waals surface area contributed by atoms with Crippen molar-refractivity contribution in [2.45, 2.75) is 19.4 Å². The average Bonchev–Trinajstić information content (AvgIpc) is 3.13. The van der Waals surface area contributed by atoms with Crippen molar-refractivity contribution in [2.75, 3.05) is 13.7 Å². The van der Waals surface area contributed by atoms with E-state index in [0.29, 0.717) is 11.4 Å². The molecule has 2 aromatic heterocycles. The van der Waals surface area contributed by atoms with Crippen LogP contribution in [0.1, 0.15) is 31.7 Å². The first-order chi connectivity index (χ1) is 10.1. The van der Waals surface area contributed by atoms with Crippen LogP contribution in [0.5, 0.6) is 0 Å². The SMILES string of the molecule is COC(=O)C1c2ccsc2CCN1C(=O)c1cc(C)cs1. The third kappa shape index (κ3) is 2.49. The van der Waals surface area contributed by atoms with Gasteiger partial charge in [-0.05, 0) is 47.4 Å². The number of ether oxygens (including phenoxy) is 1. The summed E-state index contributed by atoms with van der Waals surface area (Å²) in [6.07, 6.45) is 0.788. The highest BCUT2D eigenvalue weighted by Crippen LogP contribution is 2.35. The molecule has 1 aliphatic heterocycles. The molecule has 1 unspecified atom stereocenters. The minimum Gasteiger partial charge on any atom is -0.467 e. The van der Waals surface area contributed by atoms with E-state index in [9.17, 15) is 9.59 Å². The Hall–Kier alpha value is -1.66. The highest BCUT2D eigenvalue weighted by molar-refractivity contribution is 7.12. The number of aryl methyl sites for hydroxylation is 1. The summed E-state index contributed by atoms with van der Waals surface area (Å²) >= 11 is 3.04. The highest BCUT2D eigenvalue weighted by atomic mass is 32.1. The Morgan fingerprint density at radius 2 is 2.19 bits per heavy atom. The Balaban J connectivity index is 1.97. The lowest BCUT2D eigenvalue weighted by Gasteiger charge is -2.33. The fourth-order valence-electron chi connectivity index (χ4n) is 2.59. The molecule has 0 aromatic carbocycles. The number of nitrogens with zero attached hydrogens (tertiary/aromatic N) is 1. The molecule has 1 aliphatic rings. The standard InChI is InChI=1S/C15H15NO3S2/c1-9-7-12(21-8-9)14(17)16-5-3-11-10(4-6-20-11)13(16)15(18)19-2/h4,6-8,13H,3,5H2,1-2H3. The summed E-state index contributed by atoms with van der Waals surface area (Å²) in [5.74, 6) is -0.476. The zero-order chi connectivity index (χ0) is 15.0. The van der Waals surface area contributed by atoms with E-state index < -0.39 is 6.04 Å². The lowest BCUT2D eigenvalue weighted by atomic mass is 9.99. The van der Waals surface area contributed by atoms with E-state index in [1.807, 2.05) is 29.8 Å². The third-order valence-electron chi connectivity index (χ3n) is 3.59. The maximum absolute atomic E-state index is 12.7. The zero-order valence-electron chi connectivity index (χ0n) is 11.8. The van der Waals surface area contributed by atoms with Crippen molar-refractivity contribution >= 4 is 34.6 Å². The summed E-state index contributed by atoms with van der Waals surface area (Å²) in [5.41, 5.74) is 1.96. The maximum Gasteiger partial charge on any atom is 0.333 e. The van der Waals surface area contributed by atoms with Gasteiger partial charge in [0.2, 0.25) is 0 Å². The van der Waals surface area contributed by atoms with E-state index in [-0.39, 0.29) is 11.9 Å². The van der Waals surface area contributed by atoms with E-state index in [1.54, 1.807) is 16.2 Å². The number of carbonyl (C=O) groups excluding carboxylic acids is 2. The topological polar surface area (TPSA) is 46.6 Å². The maximum atomic E-state index is 12.7. The Morgan fingerprint density at radius 3 is 2.86 bits per heavy atom. The first kappa shape index (κ1) is 14.3. The van der Waals surface area contributed by atoms with Gasteiger partial charge in [-0.1, -0.05) is 0 Å². The van der Waals surface area contributed by atoms with Gasteiger partial charge in [-0.2, -0.15) is 0 Å². The first-order valence-corrected chi connectivity index (χ1v) is 8.38. The highest BCUT2D eigenvalue weighted by Gasteiger charge is 2.38. The van der Waals surface area contributed by atoms with Gasteiger partial charge in [0.1, 0.15) is 0 Å². The van der Waals surface area contributed by atoms with Crippen molar-refractivity contribution in [3.63, 3.8) is 0 Å². The zero-order valence-corrected chi connectivity index (χ0v) is 13.4. The molecule has 2 aromatic rings. The molecule has 0 N–H and O–H groups in total. The molecular formula is C15H15NO3S2. The predicted octanol–water partition coefficient (Wildman–Crippen LogP) is 3.03. The van der Waals surface area contributed by atoms with E-state index in [2.05, 4.69) is 0 Å². The van der Waals surface area contributed by atoms with Crippen LogP contribution in [0.2, 0.25) is 0 Å². The van der Waals surface area contributed by atoms with Crippen LogP contribution in [-0.2, 0) is 16.0 Å². The first-order valence-electron chi connectivity index (χ1n) is 6.62. The van der Waals surface area contributed by atoms with Gasteiger partial charge in [0.05, 0.1) is 12.0 Å². The van der Waals surface area contributed by atoms with Crippen molar-refractivity contribution in [1.82, 2.24) is 4.90 Å². The number of amides is 1. The second kappa shape index (κ2) is 5.61. The lowest BCUT2D eigenvalue weighted by molar-refractivity contribution is -0.146. The van der Waals surface area contributed by atoms with Gasteiger partial charge in [-0.3, -0.25) is 4.79 Å². The van der Waals surface area contributed by atoms with Crippen LogP contribution in [0.15, 0.2) is 22.9 Å². The Bertz CT molecular complexity index is 689. The van der Waals surface area contributed by atoms with Crippen LogP contribution >= 0.6 is 22.7 Å². The monoisotopic (exact) mass is 321 g/mol. The molecule has 0 fully saturated rings. The van der Waals surface area contributed by atoms with Gasteiger partial charge in [0.25, 0.3) is 5.91 Å². The van der Waals surface area contributed by atoms with Gasteiger partial charge in [-0.15, -0.1) is 22.7 Å². The minimum atomic E-state index is -0.625. The van der Waals surface area contributed by atoms with Crippen molar-refractivity contribution in [2.24, 2.45) is 0 Å². The second-order valence-electron chi connectivity index (χ2n) is 4.96. The Labute approximate surface area is 131 Å². The van der Waals surface area contributed by atoms with Crippen molar-refractivity contribution in [3.05, 3.63) is 43.8 Å². The lowest BCUT2D eigenvalue weighted by Crippen LogP contribution is -2.43. The van der Waals surface area contributed by atoms with E-state index >= 15 is 0 Å². The van der Waals surface area contributed by atoms with Crippen LogP contribution in [0.4, 0.5) is 0 Å². The van der Waals surface area contributed by atoms with Gasteiger partial charge in [-0.25, -0.2) is 4.79 Å². The Morgan fingerprint density at radius 1 is 1.38 bits per heavy atom. The smallest absolute Gasteiger partial charge is 0.333 e. The molecule has 0 spiro atoms. The van der Waals surface area contributed by atoms with Crippen molar-refractivity contribution < 1.29 is 14.3 Å². The third-order valence-corrected chi connectivity index (χ3v) is 5.63. The molecule has 3 rings (SSSR count). The van der Waals surface area contributed by atoms with E-state index in [0.717, 1.165) is 22.4 Å². The molecular weight excluding hydrogens is 306 g/mol. The molecule has 0 aliphatic carbocycles. The molecule has 0 bridgehead atoms. The van der Waals surface area contributed by atoms with Gasteiger partial charge in [0, 0.05) is 11.4 Å². The van der Waals surface area contributed by atoms with Gasteiger partial charge in [0.15, 0.2) is 6.04 Å². The molecule has 21 heavy (non-hydrogen) atoms. The number of hydrogen-bond donors (Lipinski definition) is 0. The molecule has 0 radical (unpaired) electrons. The quantitative estimate of drug-likeness (QED) is 0.799. The molecule has 3 heterocycles. The minimum absolute atomic E-state index is 0.0969. The normalized spacial score (nSPS) is 17.4. The number of hydrogen-bond acceptors (Lipinski definition) is 5. The van der Waals surface area contributed by atoms with Gasteiger partial charge < -0.3 is 9.64 Å². The number of esters is 1. The molecule has 4 nitrogen and oxygen atoms in total. The van der Waals surface area contributed by atoms with Crippen LogP contribution in [0, 0.1) is 6.92 Å². The Kier molecular flexibility index (Phi) is 3.82. The number of thiophene rings is 2. The fourth-order valence-corrected chi connectivity index (χ4v) is 4.34. The summed E-state index contributed by atoms with van der Waals surface area (Å²) in [6, 6.07) is 3.16. The summed E-state index contributed by atoms with van der Waals surface area (Å²) in [7, 11) is 1.36. The van der Waals surface area contributed by atoms with Crippen LogP contribution in [-0.4, -0.2) is 30.4 Å². The van der Waals surface area contributed by atoms with Crippen LogP contribution in [0.3, 0.4) is 0 Å². The van der Waals surface area contributed by atoms with Crippen LogP contribution < -0.4 is 0 Å². The van der Waals surface area contributed by atoms with E-state index in [4.69, 9.17) is 4.74 Å². The molecule has 1 amide bonds. The van der Waals surface area contributed by atoms with E-state index in [1.165, 1.54) is 18.4 Å². The van der Waals surface area contributed by atoms with Crippen molar-refractivity contribution in [1.29, 1.82) is 0 Å². The molecule has 0 saturated carbocycles. The second-order valence-corrected chi connectivity index (χ2v) is 6.87. The molecule has 6 heteroatoms. The summed E-state index contributed by atoms with van der Waals surface area (Å²) in [5, 5.41) is 3.91. The number of methoxy groups -OCH3 is 1. The molecule has 0 saturated heterocycles. The number of rotatable bonds is 2. The van der Waals surface area contributed by atoms with Crippen LogP contribution in [0.25, 0.3) is 0 Å². The largest absolute Gasteiger partial charge is 0.467 e.